The summed E-state index contributed by atoms with van der Waals surface area (Å²) in [5.74, 6) is -0.526. The van der Waals surface area contributed by atoms with Crippen molar-refractivity contribution in [2.45, 2.75) is 16.7 Å². The Hall–Kier alpha value is -4.03. The molecule has 1 saturated heterocycles. The van der Waals surface area contributed by atoms with Crippen LogP contribution in [0.4, 0.5) is 18.9 Å². The van der Waals surface area contributed by atoms with Gasteiger partial charge in [0, 0.05) is 29.0 Å². The van der Waals surface area contributed by atoms with Gasteiger partial charge in [-0.05, 0) is 48.5 Å². The number of amides is 1. The average molecular weight is 529 g/mol. The number of aromatic nitrogens is 2. The smallest absolute Gasteiger partial charge is 0.380 e. The summed E-state index contributed by atoms with van der Waals surface area (Å²) >= 11 is 0. The van der Waals surface area contributed by atoms with Crippen molar-refractivity contribution in [3.8, 4) is 0 Å². The first kappa shape index (κ1) is 24.7. The third kappa shape index (κ3) is 4.60. The van der Waals surface area contributed by atoms with Crippen LogP contribution < -0.4 is 4.72 Å². The standard InChI is InChI=1S/C25H19F3N4O4S/c26-25(27,28)19-6-3-13-30-22(19)24(34)14-32(15-24)23(33)17-8-10-18(11-9-17)31-37(35,36)20-7-1-4-16-5-2-12-29-21(16)20/h1-13,31,34H,14-15H2. The fourth-order valence-electron chi connectivity index (χ4n) is 4.25. The summed E-state index contributed by atoms with van der Waals surface area (Å²) in [6, 6.07) is 15.8. The fourth-order valence-corrected chi connectivity index (χ4v) is 5.49. The van der Waals surface area contributed by atoms with Crippen molar-refractivity contribution in [1.29, 1.82) is 0 Å². The van der Waals surface area contributed by atoms with E-state index in [4.69, 9.17) is 0 Å². The van der Waals surface area contributed by atoms with E-state index >= 15 is 0 Å². The van der Waals surface area contributed by atoms with E-state index in [1.54, 1.807) is 24.3 Å². The zero-order valence-electron chi connectivity index (χ0n) is 19.0. The number of pyridine rings is 2. The molecule has 5 rings (SSSR count). The van der Waals surface area contributed by atoms with Gasteiger partial charge in [0.1, 0.15) is 10.5 Å². The Labute approximate surface area is 209 Å². The molecule has 12 heteroatoms. The molecule has 0 radical (unpaired) electrons. The molecule has 1 aliphatic rings. The molecule has 3 heterocycles. The summed E-state index contributed by atoms with van der Waals surface area (Å²) in [7, 11) is -3.98. The van der Waals surface area contributed by atoms with Gasteiger partial charge < -0.3 is 10.0 Å². The highest BCUT2D eigenvalue weighted by Gasteiger charge is 2.50. The number of para-hydroxylation sites is 1. The summed E-state index contributed by atoms with van der Waals surface area (Å²) in [5.41, 5.74) is -2.82. The number of rotatable bonds is 5. The van der Waals surface area contributed by atoms with Crippen LogP contribution in [0.5, 0.6) is 0 Å². The number of hydrogen-bond acceptors (Lipinski definition) is 6. The highest BCUT2D eigenvalue weighted by Crippen LogP contribution is 2.40. The third-order valence-electron chi connectivity index (χ3n) is 6.02. The number of carbonyl (C=O) groups is 1. The van der Waals surface area contributed by atoms with Crippen LogP contribution in [0.3, 0.4) is 0 Å². The summed E-state index contributed by atoms with van der Waals surface area (Å²) in [6.45, 7) is -0.733. The second kappa shape index (κ2) is 8.82. The SMILES string of the molecule is O=C(c1ccc(NS(=O)(=O)c2cccc3cccnc23)cc1)N1CC(O)(c2ncccc2C(F)(F)F)C1. The monoisotopic (exact) mass is 528 g/mol. The van der Waals surface area contributed by atoms with Gasteiger partial charge >= 0.3 is 6.18 Å². The number of benzene rings is 2. The highest BCUT2D eigenvalue weighted by atomic mass is 32.2. The minimum Gasteiger partial charge on any atom is -0.380 e. The molecule has 1 aliphatic heterocycles. The van der Waals surface area contributed by atoms with Gasteiger partial charge in [0.05, 0.1) is 29.9 Å². The number of anilines is 1. The Balaban J connectivity index is 1.30. The van der Waals surface area contributed by atoms with E-state index in [0.717, 1.165) is 18.3 Å². The minimum atomic E-state index is -4.70. The van der Waals surface area contributed by atoms with E-state index < -0.39 is 39.0 Å². The maximum atomic E-state index is 13.3. The van der Waals surface area contributed by atoms with E-state index in [0.29, 0.717) is 10.9 Å². The van der Waals surface area contributed by atoms with E-state index in [1.807, 2.05) is 0 Å². The number of sulfonamides is 1. The maximum absolute atomic E-state index is 13.3. The first-order valence-electron chi connectivity index (χ1n) is 11.0. The molecule has 4 aromatic rings. The third-order valence-corrected chi connectivity index (χ3v) is 7.43. The lowest BCUT2D eigenvalue weighted by atomic mass is 9.86. The molecule has 2 N–H and O–H groups in total. The fraction of sp³-hybridized carbons (Fsp3) is 0.160. The molecule has 2 aromatic heterocycles. The van der Waals surface area contributed by atoms with Gasteiger partial charge in [-0.25, -0.2) is 8.42 Å². The van der Waals surface area contributed by atoms with Crippen molar-refractivity contribution in [2.75, 3.05) is 17.8 Å². The largest absolute Gasteiger partial charge is 0.418 e. The number of carbonyl (C=O) groups excluding carboxylic acids is 1. The second-order valence-corrected chi connectivity index (χ2v) is 10.3. The number of hydrogen-bond donors (Lipinski definition) is 2. The van der Waals surface area contributed by atoms with E-state index in [-0.39, 0.29) is 29.2 Å². The Morgan fingerprint density at radius 3 is 2.30 bits per heavy atom. The quantitative estimate of drug-likeness (QED) is 0.408. The predicted octanol–water partition coefficient (Wildman–Crippen LogP) is 3.79. The van der Waals surface area contributed by atoms with Crippen LogP contribution in [0, 0.1) is 0 Å². The van der Waals surface area contributed by atoms with Crippen LogP contribution in [-0.2, 0) is 21.8 Å². The number of alkyl halides is 3. The Kier molecular flexibility index (Phi) is 5.88. The second-order valence-electron chi connectivity index (χ2n) is 8.60. The van der Waals surface area contributed by atoms with E-state index in [9.17, 15) is 31.5 Å². The van der Waals surface area contributed by atoms with Crippen molar-refractivity contribution in [3.63, 3.8) is 0 Å². The lowest BCUT2D eigenvalue weighted by Gasteiger charge is -2.46. The molecule has 190 valence electrons. The van der Waals surface area contributed by atoms with E-state index in [2.05, 4.69) is 14.7 Å². The van der Waals surface area contributed by atoms with Gasteiger partial charge in [0.25, 0.3) is 15.9 Å². The van der Waals surface area contributed by atoms with E-state index in [1.165, 1.54) is 41.4 Å². The normalized spacial score (nSPS) is 15.3. The molecular formula is C25H19F3N4O4S. The summed E-state index contributed by atoms with van der Waals surface area (Å²) in [6.07, 6.45) is -2.05. The number of aliphatic hydroxyl groups is 1. The van der Waals surface area contributed by atoms with Crippen LogP contribution in [0.25, 0.3) is 10.9 Å². The van der Waals surface area contributed by atoms with Gasteiger partial charge in [-0.2, -0.15) is 13.2 Å². The van der Waals surface area contributed by atoms with Crippen LogP contribution in [0.2, 0.25) is 0 Å². The number of likely N-dealkylation sites (tertiary alicyclic amines) is 1. The summed E-state index contributed by atoms with van der Waals surface area (Å²) in [5, 5.41) is 11.4. The molecule has 0 unspecified atom stereocenters. The number of nitrogens with one attached hydrogen (secondary N) is 1. The molecule has 0 spiro atoms. The minimum absolute atomic E-state index is 0.00151. The number of β-amino-alcohol motifs (C(OH)–C–C–N with tert-alkyl or cyclic N) is 1. The van der Waals surface area contributed by atoms with Crippen molar-refractivity contribution in [2.24, 2.45) is 0 Å². The maximum Gasteiger partial charge on any atom is 0.418 e. The molecule has 1 fully saturated rings. The molecule has 37 heavy (non-hydrogen) atoms. The van der Waals surface area contributed by atoms with Gasteiger partial charge in [-0.15, -0.1) is 0 Å². The molecule has 0 aliphatic carbocycles. The van der Waals surface area contributed by atoms with Crippen LogP contribution >= 0.6 is 0 Å². The zero-order chi connectivity index (χ0) is 26.4. The zero-order valence-corrected chi connectivity index (χ0v) is 19.8. The Bertz CT molecular complexity index is 1600. The van der Waals surface area contributed by atoms with Gasteiger partial charge in [-0.3, -0.25) is 19.5 Å². The molecule has 0 saturated carbocycles. The molecule has 0 atom stereocenters. The average Bonchev–Trinajstić information content (AvgIpc) is 2.86. The number of nitrogens with zero attached hydrogens (tertiary/aromatic N) is 3. The van der Waals surface area contributed by atoms with Crippen molar-refractivity contribution in [1.82, 2.24) is 14.9 Å². The topological polar surface area (TPSA) is 112 Å². The van der Waals surface area contributed by atoms with Crippen LogP contribution in [-0.4, -0.2) is 47.4 Å². The molecular weight excluding hydrogens is 509 g/mol. The predicted molar refractivity (Wildman–Crippen MR) is 128 cm³/mol. The molecule has 1 amide bonds. The van der Waals surface area contributed by atoms with Gasteiger partial charge in [-0.1, -0.05) is 18.2 Å². The van der Waals surface area contributed by atoms with Crippen molar-refractivity contribution in [3.05, 3.63) is 95.9 Å². The lowest BCUT2D eigenvalue weighted by Crippen LogP contribution is -2.62. The lowest BCUT2D eigenvalue weighted by molar-refractivity contribution is -0.146. The number of halogens is 3. The summed E-state index contributed by atoms with van der Waals surface area (Å²) in [4.78, 5) is 21.9. The van der Waals surface area contributed by atoms with Crippen molar-refractivity contribution < 1.29 is 31.5 Å². The van der Waals surface area contributed by atoms with Crippen molar-refractivity contribution >= 4 is 32.5 Å². The van der Waals surface area contributed by atoms with Gasteiger partial charge in [0.15, 0.2) is 0 Å². The van der Waals surface area contributed by atoms with Crippen LogP contribution in [0.15, 0.2) is 84.0 Å². The highest BCUT2D eigenvalue weighted by molar-refractivity contribution is 7.93. The Morgan fingerprint density at radius 1 is 0.946 bits per heavy atom. The van der Waals surface area contributed by atoms with Crippen LogP contribution in [0.1, 0.15) is 21.6 Å². The molecule has 8 nitrogen and oxygen atoms in total. The first-order chi connectivity index (χ1) is 17.5. The van der Waals surface area contributed by atoms with Gasteiger partial charge in [0.2, 0.25) is 0 Å². The molecule has 2 aromatic carbocycles. The Morgan fingerprint density at radius 2 is 1.59 bits per heavy atom. The first-order valence-corrected chi connectivity index (χ1v) is 12.5. The molecule has 0 bridgehead atoms. The number of fused-ring (bicyclic) bond motifs is 1. The summed E-state index contributed by atoms with van der Waals surface area (Å²) < 4.78 is 68.3.